The molecule has 0 aromatic carbocycles. The van der Waals surface area contributed by atoms with Crippen molar-refractivity contribution >= 4 is 17.8 Å². The van der Waals surface area contributed by atoms with Gasteiger partial charge in [0.2, 0.25) is 0 Å². The normalized spacial score (nSPS) is 9.83. The molecule has 18 heavy (non-hydrogen) atoms. The molecule has 0 fully saturated rings. The van der Waals surface area contributed by atoms with Crippen molar-refractivity contribution in [3.63, 3.8) is 0 Å². The molecule has 1 rings (SSSR count). The predicted molar refractivity (Wildman–Crippen MR) is 58.5 cm³/mol. The monoisotopic (exact) mass is 256 g/mol. The van der Waals surface area contributed by atoms with E-state index in [2.05, 4.69) is 15.0 Å². The maximum absolute atomic E-state index is 11.1. The molecule has 1 aromatic heterocycles. The molecule has 0 aliphatic carbocycles. The number of imidazole rings is 1. The molecule has 9 heteroatoms. The second kappa shape index (κ2) is 6.33. The van der Waals surface area contributed by atoms with Crippen molar-refractivity contribution < 1.29 is 19.2 Å². The minimum absolute atomic E-state index is 0.0643. The lowest BCUT2D eigenvalue weighted by atomic mass is 10.5. The van der Waals surface area contributed by atoms with Gasteiger partial charge in [0.25, 0.3) is 0 Å². The number of nitro groups is 1. The van der Waals surface area contributed by atoms with E-state index in [4.69, 9.17) is 0 Å². The highest BCUT2D eigenvalue weighted by molar-refractivity contribution is 6.32. The number of hydrogen-bond donors (Lipinski definition) is 1. The van der Waals surface area contributed by atoms with Gasteiger partial charge < -0.3 is 20.2 Å². The number of rotatable bonds is 5. The summed E-state index contributed by atoms with van der Waals surface area (Å²) in [4.78, 5) is 35.5. The maximum Gasteiger partial charge on any atom is 0.434 e. The van der Waals surface area contributed by atoms with Gasteiger partial charge >= 0.3 is 17.8 Å². The lowest BCUT2D eigenvalue weighted by Crippen LogP contribution is -2.34. The van der Waals surface area contributed by atoms with Gasteiger partial charge in [-0.2, -0.15) is 0 Å². The molecule has 1 N–H and O–H groups in total. The number of amides is 1. The number of hydrogen-bond acceptors (Lipinski definition) is 6. The van der Waals surface area contributed by atoms with Gasteiger partial charge in [0, 0.05) is 6.54 Å². The summed E-state index contributed by atoms with van der Waals surface area (Å²) < 4.78 is 5.73. The van der Waals surface area contributed by atoms with Crippen LogP contribution in [0.15, 0.2) is 12.4 Å². The van der Waals surface area contributed by atoms with Crippen molar-refractivity contribution in [2.24, 2.45) is 0 Å². The molecule has 0 unspecified atom stereocenters. The van der Waals surface area contributed by atoms with Gasteiger partial charge in [-0.05, 0) is 11.8 Å². The number of carbonyl (C=O) groups excluding carboxylic acids is 2. The van der Waals surface area contributed by atoms with Crippen LogP contribution in [0.2, 0.25) is 0 Å². The Bertz CT molecular complexity index is 456. The van der Waals surface area contributed by atoms with Gasteiger partial charge in [-0.25, -0.2) is 9.36 Å². The minimum Gasteiger partial charge on any atom is -0.459 e. The van der Waals surface area contributed by atoms with Gasteiger partial charge in [0.05, 0.1) is 13.2 Å². The Morgan fingerprint density at radius 2 is 2.33 bits per heavy atom. The highest BCUT2D eigenvalue weighted by Crippen LogP contribution is 2.05. The summed E-state index contributed by atoms with van der Waals surface area (Å²) in [6, 6.07) is 0. The van der Waals surface area contributed by atoms with Crippen LogP contribution in [0.3, 0.4) is 0 Å². The van der Waals surface area contributed by atoms with E-state index in [1.807, 2.05) is 0 Å². The van der Waals surface area contributed by atoms with Gasteiger partial charge in [0.15, 0.2) is 0 Å². The Labute approximate surface area is 102 Å². The lowest BCUT2D eigenvalue weighted by Gasteiger charge is -2.04. The molecule has 98 valence electrons. The van der Waals surface area contributed by atoms with E-state index < -0.39 is 16.8 Å². The zero-order valence-electron chi connectivity index (χ0n) is 9.66. The van der Waals surface area contributed by atoms with Crippen LogP contribution in [0.5, 0.6) is 0 Å². The molecule has 0 spiro atoms. The fourth-order valence-electron chi connectivity index (χ4n) is 1.21. The van der Waals surface area contributed by atoms with Crippen LogP contribution in [-0.2, 0) is 20.9 Å². The van der Waals surface area contributed by atoms with Crippen molar-refractivity contribution in [1.82, 2.24) is 14.9 Å². The molecule has 0 saturated carbocycles. The molecular weight excluding hydrogens is 244 g/mol. The van der Waals surface area contributed by atoms with E-state index in [1.54, 1.807) is 6.92 Å². The number of carbonyl (C=O) groups is 2. The van der Waals surface area contributed by atoms with Crippen molar-refractivity contribution in [2.75, 3.05) is 13.2 Å². The third kappa shape index (κ3) is 3.54. The van der Waals surface area contributed by atoms with Gasteiger partial charge in [-0.1, -0.05) is 4.98 Å². The van der Waals surface area contributed by atoms with E-state index >= 15 is 0 Å². The molecule has 1 heterocycles. The number of aromatic nitrogens is 2. The average Bonchev–Trinajstić information content (AvgIpc) is 2.77. The van der Waals surface area contributed by atoms with Crippen molar-refractivity contribution in [2.45, 2.75) is 13.5 Å². The summed E-state index contributed by atoms with van der Waals surface area (Å²) in [5.74, 6) is -2.17. The van der Waals surface area contributed by atoms with Crippen LogP contribution >= 0.6 is 0 Å². The smallest absolute Gasteiger partial charge is 0.434 e. The van der Waals surface area contributed by atoms with E-state index in [9.17, 15) is 19.7 Å². The first kappa shape index (κ1) is 13.6. The molecule has 0 saturated heterocycles. The average molecular weight is 256 g/mol. The Hall–Kier alpha value is -2.45. The number of nitrogens with zero attached hydrogens (tertiary/aromatic N) is 3. The highest BCUT2D eigenvalue weighted by Gasteiger charge is 2.16. The fourth-order valence-corrected chi connectivity index (χ4v) is 1.21. The topological polar surface area (TPSA) is 116 Å². The number of esters is 1. The van der Waals surface area contributed by atoms with Crippen LogP contribution in [0.4, 0.5) is 5.95 Å². The molecule has 1 aromatic rings. The van der Waals surface area contributed by atoms with Crippen LogP contribution in [0.25, 0.3) is 0 Å². The molecule has 1 amide bonds. The maximum atomic E-state index is 11.1. The van der Waals surface area contributed by atoms with Crippen LogP contribution in [-0.4, -0.2) is 39.5 Å². The summed E-state index contributed by atoms with van der Waals surface area (Å²) in [5, 5.41) is 12.8. The van der Waals surface area contributed by atoms with E-state index in [1.165, 1.54) is 17.0 Å². The minimum atomic E-state index is -0.974. The first-order valence-electron chi connectivity index (χ1n) is 5.16. The number of nitrogens with one attached hydrogen (secondary N) is 1. The molecule has 0 atom stereocenters. The standard InChI is InChI=1S/C9H12N4O5/c1-2-18-8(15)7(14)10-3-5-12-6-4-11-9(12)13(16)17/h4,6H,2-3,5H2,1H3,(H,10,14). The van der Waals surface area contributed by atoms with E-state index in [-0.39, 0.29) is 25.6 Å². The first-order chi connectivity index (χ1) is 8.56. The summed E-state index contributed by atoms with van der Waals surface area (Å²) in [7, 11) is 0. The lowest BCUT2D eigenvalue weighted by molar-refractivity contribution is -0.396. The zero-order valence-corrected chi connectivity index (χ0v) is 9.66. The van der Waals surface area contributed by atoms with Crippen molar-refractivity contribution in [1.29, 1.82) is 0 Å². The summed E-state index contributed by atoms with van der Waals surface area (Å²) in [6.45, 7) is 1.90. The van der Waals surface area contributed by atoms with Crippen molar-refractivity contribution in [3.05, 3.63) is 22.5 Å². The Morgan fingerprint density at radius 1 is 1.61 bits per heavy atom. The molecule has 0 bridgehead atoms. The number of ether oxygens (including phenoxy) is 1. The molecule has 0 radical (unpaired) electrons. The fraction of sp³-hybridized carbons (Fsp3) is 0.444. The zero-order chi connectivity index (χ0) is 13.5. The molecule has 9 nitrogen and oxygen atoms in total. The van der Waals surface area contributed by atoms with Crippen molar-refractivity contribution in [3.8, 4) is 0 Å². The largest absolute Gasteiger partial charge is 0.459 e. The second-order valence-corrected chi connectivity index (χ2v) is 3.15. The van der Waals surface area contributed by atoms with E-state index in [0.717, 1.165) is 0 Å². The van der Waals surface area contributed by atoms with Gasteiger partial charge in [0.1, 0.15) is 12.4 Å². The third-order valence-corrected chi connectivity index (χ3v) is 1.96. The Kier molecular flexibility index (Phi) is 4.78. The third-order valence-electron chi connectivity index (χ3n) is 1.96. The summed E-state index contributed by atoms with van der Waals surface area (Å²) >= 11 is 0. The van der Waals surface area contributed by atoms with Gasteiger partial charge in [-0.15, -0.1) is 0 Å². The van der Waals surface area contributed by atoms with E-state index in [0.29, 0.717) is 0 Å². The van der Waals surface area contributed by atoms with Gasteiger partial charge in [-0.3, -0.25) is 4.79 Å². The van der Waals surface area contributed by atoms with Crippen LogP contribution in [0.1, 0.15) is 6.92 Å². The SMILES string of the molecule is CCOC(=O)C(=O)NCCn1ccnc1[N+](=O)[O-]. The molecule has 0 aliphatic rings. The quantitative estimate of drug-likeness (QED) is 0.327. The Morgan fingerprint density at radius 3 is 2.94 bits per heavy atom. The summed E-state index contributed by atoms with van der Waals surface area (Å²) in [5.41, 5.74) is 0. The second-order valence-electron chi connectivity index (χ2n) is 3.15. The molecular formula is C9H12N4O5. The predicted octanol–water partition coefficient (Wildman–Crippen LogP) is -0.529. The van der Waals surface area contributed by atoms with Crippen LogP contribution in [0, 0.1) is 10.1 Å². The van der Waals surface area contributed by atoms with Crippen LogP contribution < -0.4 is 5.32 Å². The Balaban J connectivity index is 2.42. The highest BCUT2D eigenvalue weighted by atomic mass is 16.6. The summed E-state index contributed by atoms with van der Waals surface area (Å²) in [6.07, 6.45) is 2.69. The molecule has 0 aliphatic heterocycles. The first-order valence-corrected chi connectivity index (χ1v) is 5.16.